The summed E-state index contributed by atoms with van der Waals surface area (Å²) in [5.41, 5.74) is 12.2. The van der Waals surface area contributed by atoms with Crippen LogP contribution in [0.1, 0.15) is 102 Å². The van der Waals surface area contributed by atoms with Crippen LogP contribution in [-0.4, -0.2) is 18.6 Å². The van der Waals surface area contributed by atoms with E-state index >= 15 is 0 Å². The van der Waals surface area contributed by atoms with Gasteiger partial charge in [-0.15, -0.1) is 0 Å². The fraction of sp³-hybridized carbons (Fsp3) is 0.217. The van der Waals surface area contributed by atoms with Crippen LogP contribution in [0.25, 0.3) is 38.7 Å². The molecule has 49 heavy (non-hydrogen) atoms. The molecule has 1 aliphatic heterocycles. The van der Waals surface area contributed by atoms with Gasteiger partial charge in [0.2, 0.25) is 0 Å². The SMILES string of the molecule is CC(C)c1cccc(C(C)C)c1-c1ccc2c(c1)C(C)(C)c1c(ccc3cc(C=C4C(=O)c5cc6ccccc6cc5C4=O)ccc13)N2C. The molecular formula is C46H41NO2. The van der Waals surface area contributed by atoms with Gasteiger partial charge < -0.3 is 4.90 Å². The lowest BCUT2D eigenvalue weighted by Gasteiger charge is -2.41. The first-order chi connectivity index (χ1) is 23.5. The zero-order chi connectivity index (χ0) is 34.4. The third-order valence-corrected chi connectivity index (χ3v) is 10.9. The Morgan fingerprint density at radius 3 is 1.86 bits per heavy atom. The van der Waals surface area contributed by atoms with E-state index in [0.717, 1.165) is 21.7 Å². The number of hydrogen-bond donors (Lipinski definition) is 0. The average molecular weight is 640 g/mol. The van der Waals surface area contributed by atoms with Gasteiger partial charge in [-0.2, -0.15) is 0 Å². The van der Waals surface area contributed by atoms with Crippen molar-refractivity contribution in [3.63, 3.8) is 0 Å². The fourth-order valence-corrected chi connectivity index (χ4v) is 8.30. The van der Waals surface area contributed by atoms with E-state index in [1.807, 2.05) is 42.5 Å². The quantitative estimate of drug-likeness (QED) is 0.142. The first-order valence-electron chi connectivity index (χ1n) is 17.4. The lowest BCUT2D eigenvalue weighted by molar-refractivity contribution is 0.0990. The van der Waals surface area contributed by atoms with E-state index in [2.05, 4.69) is 114 Å². The van der Waals surface area contributed by atoms with E-state index in [9.17, 15) is 9.59 Å². The summed E-state index contributed by atoms with van der Waals surface area (Å²) < 4.78 is 0. The number of hydrogen-bond acceptors (Lipinski definition) is 3. The smallest absolute Gasteiger partial charge is 0.197 e. The van der Waals surface area contributed by atoms with Gasteiger partial charge in [-0.1, -0.05) is 108 Å². The molecule has 3 heteroatoms. The van der Waals surface area contributed by atoms with E-state index < -0.39 is 0 Å². The Morgan fingerprint density at radius 1 is 0.633 bits per heavy atom. The zero-order valence-electron chi connectivity index (χ0n) is 29.3. The minimum Gasteiger partial charge on any atom is -0.344 e. The third-order valence-electron chi connectivity index (χ3n) is 10.9. The van der Waals surface area contributed by atoms with E-state index in [1.54, 1.807) is 6.08 Å². The fourth-order valence-electron chi connectivity index (χ4n) is 8.30. The second kappa shape index (κ2) is 11.1. The van der Waals surface area contributed by atoms with Crippen LogP contribution in [0.4, 0.5) is 11.4 Å². The van der Waals surface area contributed by atoms with Crippen LogP contribution in [0.5, 0.6) is 0 Å². The Balaban J connectivity index is 1.22. The van der Waals surface area contributed by atoms with Crippen molar-refractivity contribution in [3.8, 4) is 11.1 Å². The summed E-state index contributed by atoms with van der Waals surface area (Å²) in [5, 5.41) is 4.19. The molecule has 0 bridgehead atoms. The highest BCUT2D eigenvalue weighted by Gasteiger charge is 2.37. The van der Waals surface area contributed by atoms with Crippen LogP contribution in [-0.2, 0) is 5.41 Å². The summed E-state index contributed by atoms with van der Waals surface area (Å²) in [5.74, 6) is 0.424. The Kier molecular flexibility index (Phi) is 7.05. The summed E-state index contributed by atoms with van der Waals surface area (Å²) in [4.78, 5) is 29.3. The highest BCUT2D eigenvalue weighted by molar-refractivity contribution is 6.42. The van der Waals surface area contributed by atoms with Gasteiger partial charge >= 0.3 is 0 Å². The number of carbonyl (C=O) groups excluding carboxylic acids is 2. The van der Waals surface area contributed by atoms with Crippen molar-refractivity contribution in [3.05, 3.63) is 148 Å². The summed E-state index contributed by atoms with van der Waals surface area (Å²) in [6, 6.07) is 36.1. The number of Topliss-reactive ketones (excluding diaryl/α,β-unsaturated/α-hetero) is 2. The van der Waals surface area contributed by atoms with Crippen LogP contribution in [0.15, 0.2) is 109 Å². The van der Waals surface area contributed by atoms with E-state index in [4.69, 9.17) is 0 Å². The number of fused-ring (bicyclic) bond motifs is 6. The van der Waals surface area contributed by atoms with Gasteiger partial charge in [0.1, 0.15) is 0 Å². The molecule has 1 aliphatic carbocycles. The standard InChI is InChI=1S/C46H41NO2/c1-26(2)33-13-10-14-34(27(3)4)42(33)32-17-19-40-39(25-32)46(5,6)43-35-18-15-28(21-31(35)16-20-41(43)47(40)7)22-38-44(48)36-23-29-11-8-9-12-30(29)24-37(36)45(38)49/h8-27H,1-7H3. The second-order valence-corrected chi connectivity index (χ2v) is 14.9. The first-order valence-corrected chi connectivity index (χ1v) is 17.4. The maximum absolute atomic E-state index is 13.5. The van der Waals surface area contributed by atoms with Gasteiger partial charge in [0.15, 0.2) is 11.6 Å². The number of allylic oxidation sites excluding steroid dienone is 1. The molecule has 0 amide bonds. The van der Waals surface area contributed by atoms with E-state index in [0.29, 0.717) is 23.0 Å². The van der Waals surface area contributed by atoms with Gasteiger partial charge in [-0.05, 0) is 115 Å². The number of rotatable bonds is 4. The maximum atomic E-state index is 13.5. The highest BCUT2D eigenvalue weighted by atomic mass is 16.2. The number of benzene rings is 6. The molecule has 0 N–H and O–H groups in total. The molecule has 242 valence electrons. The minimum atomic E-state index is -0.279. The molecule has 0 saturated carbocycles. The van der Waals surface area contributed by atoms with Crippen molar-refractivity contribution in [1.29, 1.82) is 0 Å². The highest BCUT2D eigenvalue weighted by Crippen LogP contribution is 2.52. The van der Waals surface area contributed by atoms with Gasteiger partial charge in [-0.3, -0.25) is 9.59 Å². The second-order valence-electron chi connectivity index (χ2n) is 14.9. The lowest BCUT2D eigenvalue weighted by atomic mass is 9.71. The largest absolute Gasteiger partial charge is 0.344 e. The van der Waals surface area contributed by atoms with Gasteiger partial charge in [0, 0.05) is 35.0 Å². The molecule has 0 radical (unpaired) electrons. The van der Waals surface area contributed by atoms with Crippen molar-refractivity contribution < 1.29 is 9.59 Å². The zero-order valence-corrected chi connectivity index (χ0v) is 29.3. The Hall–Kier alpha value is -5.28. The molecule has 6 aromatic carbocycles. The average Bonchev–Trinajstić information content (AvgIpc) is 3.32. The molecule has 0 fully saturated rings. The Bertz CT molecular complexity index is 2340. The predicted octanol–water partition coefficient (Wildman–Crippen LogP) is 11.8. The molecule has 0 spiro atoms. The summed E-state index contributed by atoms with van der Waals surface area (Å²) in [6.07, 6.45) is 1.77. The van der Waals surface area contributed by atoms with Crippen LogP contribution < -0.4 is 4.90 Å². The number of carbonyl (C=O) groups is 2. The molecule has 6 aromatic rings. The Morgan fingerprint density at radius 2 is 1.24 bits per heavy atom. The number of nitrogens with zero attached hydrogens (tertiary/aromatic N) is 1. The van der Waals surface area contributed by atoms with Crippen molar-refractivity contribution >= 4 is 50.6 Å². The van der Waals surface area contributed by atoms with Crippen molar-refractivity contribution in [2.45, 2.75) is 58.8 Å². The summed E-state index contributed by atoms with van der Waals surface area (Å²) >= 11 is 0. The third kappa shape index (κ3) is 4.70. The predicted molar refractivity (Wildman–Crippen MR) is 205 cm³/mol. The number of anilines is 2. The molecule has 0 aromatic heterocycles. The van der Waals surface area contributed by atoms with Crippen LogP contribution in [0.3, 0.4) is 0 Å². The van der Waals surface area contributed by atoms with Gasteiger partial charge in [0.25, 0.3) is 0 Å². The molecule has 0 saturated heterocycles. The van der Waals surface area contributed by atoms with Gasteiger partial charge in [0.05, 0.1) is 5.57 Å². The molecule has 2 aliphatic rings. The maximum Gasteiger partial charge on any atom is 0.197 e. The first kappa shape index (κ1) is 31.0. The van der Waals surface area contributed by atoms with Crippen LogP contribution >= 0.6 is 0 Å². The molecule has 0 unspecified atom stereocenters. The molecule has 0 atom stereocenters. The summed E-state index contributed by atoms with van der Waals surface area (Å²) in [6.45, 7) is 13.8. The van der Waals surface area contributed by atoms with Gasteiger partial charge in [-0.25, -0.2) is 0 Å². The molecule has 8 rings (SSSR count). The van der Waals surface area contributed by atoms with Crippen molar-refractivity contribution in [2.24, 2.45) is 0 Å². The lowest BCUT2D eigenvalue weighted by Crippen LogP contribution is -2.31. The topological polar surface area (TPSA) is 37.4 Å². The number of ketones is 2. The van der Waals surface area contributed by atoms with Crippen molar-refractivity contribution in [2.75, 3.05) is 11.9 Å². The minimum absolute atomic E-state index is 0.203. The van der Waals surface area contributed by atoms with Crippen LogP contribution in [0.2, 0.25) is 0 Å². The van der Waals surface area contributed by atoms with Crippen molar-refractivity contribution in [1.82, 2.24) is 0 Å². The van der Waals surface area contributed by atoms with Crippen LogP contribution in [0, 0.1) is 0 Å². The van der Waals surface area contributed by atoms with E-state index in [-0.39, 0.29) is 22.6 Å². The molecular weight excluding hydrogens is 599 g/mol. The summed E-state index contributed by atoms with van der Waals surface area (Å²) in [7, 11) is 2.16. The molecule has 3 nitrogen and oxygen atoms in total. The normalized spacial score (nSPS) is 15.0. The molecule has 1 heterocycles. The van der Waals surface area contributed by atoms with E-state index in [1.165, 1.54) is 50.1 Å². The Labute approximate surface area is 288 Å². The monoisotopic (exact) mass is 639 g/mol.